The molecule has 0 saturated carbocycles. The number of anilines is 2. The van der Waals surface area contributed by atoms with Crippen molar-refractivity contribution in [3.05, 3.63) is 23.4 Å². The minimum atomic E-state index is -4.10. The average molecular weight is 303 g/mol. The van der Waals surface area contributed by atoms with Crippen LogP contribution in [0.3, 0.4) is 0 Å². The molecule has 7 heteroatoms. The van der Waals surface area contributed by atoms with E-state index in [1.54, 1.807) is 19.2 Å². The van der Waals surface area contributed by atoms with E-state index in [1.807, 2.05) is 11.0 Å². The van der Waals surface area contributed by atoms with Gasteiger partial charge in [-0.2, -0.15) is 13.2 Å². The van der Waals surface area contributed by atoms with Gasteiger partial charge < -0.3 is 20.5 Å². The van der Waals surface area contributed by atoms with Crippen LogP contribution in [0.4, 0.5) is 30.2 Å². The molecule has 21 heavy (non-hydrogen) atoms. The smallest absolute Gasteiger partial charge is 0.391 e. The number of hydroxylamine groups is 1. The fraction of sp³-hybridized carbons (Fsp3) is 0.571. The van der Waals surface area contributed by atoms with Gasteiger partial charge in [0.05, 0.1) is 18.7 Å². The van der Waals surface area contributed by atoms with E-state index < -0.39 is 12.1 Å². The largest absolute Gasteiger partial charge is 0.629 e. The van der Waals surface area contributed by atoms with Crippen LogP contribution in [0.1, 0.15) is 12.8 Å². The molecule has 1 fully saturated rings. The first kappa shape index (κ1) is 15.9. The lowest BCUT2D eigenvalue weighted by molar-refractivity contribution is -0.750. The summed E-state index contributed by atoms with van der Waals surface area (Å²) >= 11 is 0. The number of piperidine rings is 1. The molecule has 1 unspecified atom stereocenters. The second kappa shape index (κ2) is 6.11. The van der Waals surface area contributed by atoms with E-state index in [1.165, 1.54) is 7.05 Å². The summed E-state index contributed by atoms with van der Waals surface area (Å²) in [6.07, 6.45) is -3.90. The Morgan fingerprint density at radius 1 is 1.29 bits per heavy atom. The number of rotatable bonds is 3. The fourth-order valence-corrected chi connectivity index (χ4v) is 2.70. The van der Waals surface area contributed by atoms with Crippen LogP contribution in [0.2, 0.25) is 0 Å². The van der Waals surface area contributed by atoms with Crippen LogP contribution >= 0.6 is 0 Å². The number of nitrogens with zero attached hydrogens (tertiary/aromatic N) is 1. The molecule has 2 N–H and O–H groups in total. The van der Waals surface area contributed by atoms with E-state index in [2.05, 4.69) is 5.32 Å². The Bertz CT molecular complexity index is 483. The maximum absolute atomic E-state index is 12.7. The highest BCUT2D eigenvalue weighted by Crippen LogP contribution is 2.36. The van der Waals surface area contributed by atoms with Gasteiger partial charge in [0.2, 0.25) is 0 Å². The van der Waals surface area contributed by atoms with Gasteiger partial charge in [0, 0.05) is 31.9 Å². The van der Waals surface area contributed by atoms with Gasteiger partial charge in [-0.05, 0) is 25.0 Å². The van der Waals surface area contributed by atoms with Gasteiger partial charge in [-0.1, -0.05) is 0 Å². The van der Waals surface area contributed by atoms with Crippen molar-refractivity contribution in [2.75, 3.05) is 37.4 Å². The quantitative estimate of drug-likeness (QED) is 0.841. The van der Waals surface area contributed by atoms with Gasteiger partial charge in [0.25, 0.3) is 0 Å². The van der Waals surface area contributed by atoms with E-state index in [0.717, 1.165) is 11.4 Å². The molecular formula is C14H20F3N3O. The minimum Gasteiger partial charge on any atom is -0.629 e. The molecular weight excluding hydrogens is 283 g/mol. The van der Waals surface area contributed by atoms with E-state index in [-0.39, 0.29) is 17.9 Å². The Labute approximate surface area is 122 Å². The molecule has 0 radical (unpaired) electrons. The predicted molar refractivity (Wildman–Crippen MR) is 76.9 cm³/mol. The summed E-state index contributed by atoms with van der Waals surface area (Å²) in [5.41, 5.74) is 2.10. The van der Waals surface area contributed by atoms with Crippen LogP contribution < -0.4 is 15.3 Å². The van der Waals surface area contributed by atoms with Crippen molar-refractivity contribution >= 4 is 17.1 Å². The van der Waals surface area contributed by atoms with Gasteiger partial charge in [0.1, 0.15) is 0 Å². The van der Waals surface area contributed by atoms with Crippen LogP contribution in [0.15, 0.2) is 18.2 Å². The van der Waals surface area contributed by atoms with E-state index in [0.29, 0.717) is 18.8 Å². The highest BCUT2D eigenvalue weighted by atomic mass is 19.4. The number of benzene rings is 1. The molecule has 1 aromatic rings. The maximum Gasteiger partial charge on any atom is 0.391 e. The summed E-state index contributed by atoms with van der Waals surface area (Å²) in [7, 11) is 3.21. The topological polar surface area (TPSA) is 42.8 Å². The second-order valence-corrected chi connectivity index (χ2v) is 5.34. The van der Waals surface area contributed by atoms with Gasteiger partial charge in [0.15, 0.2) is 5.69 Å². The van der Waals surface area contributed by atoms with E-state index >= 15 is 0 Å². The van der Waals surface area contributed by atoms with Crippen LogP contribution in [0.25, 0.3) is 0 Å². The molecule has 1 heterocycles. The third kappa shape index (κ3) is 3.59. The average Bonchev–Trinajstić information content (AvgIpc) is 2.45. The highest BCUT2D eigenvalue weighted by molar-refractivity contribution is 5.68. The second-order valence-electron chi connectivity index (χ2n) is 5.34. The molecule has 1 atom stereocenters. The first-order valence-electron chi connectivity index (χ1n) is 6.97. The van der Waals surface area contributed by atoms with Gasteiger partial charge >= 0.3 is 6.18 Å². The van der Waals surface area contributed by atoms with Gasteiger partial charge in [-0.3, -0.25) is 0 Å². The molecule has 1 aromatic carbocycles. The predicted octanol–water partition coefficient (Wildman–Crippen LogP) is 2.15. The summed E-state index contributed by atoms with van der Waals surface area (Å²) in [4.78, 5) is 1.91. The van der Waals surface area contributed by atoms with E-state index in [9.17, 15) is 18.4 Å². The molecule has 0 amide bonds. The zero-order valence-electron chi connectivity index (χ0n) is 12.1. The summed E-state index contributed by atoms with van der Waals surface area (Å²) in [5.74, 6) is -1.21. The Morgan fingerprint density at radius 3 is 2.38 bits per heavy atom. The normalized spacial score (nSPS) is 18.7. The van der Waals surface area contributed by atoms with Crippen molar-refractivity contribution in [3.8, 4) is 0 Å². The standard InChI is InChI=1S/C14H20F3N3O/c1-18-12-4-3-11(9-13(12)19(2)21)20-7-5-10(6-8-20)14(15,16)17/h3-4,9-10,18-19H,5-8H2,1-2H3. The first-order valence-corrected chi connectivity index (χ1v) is 6.97. The SMILES string of the molecule is CNc1ccc(N2CCC(C(F)(F)F)CC2)cc1[NH+](C)[O-]. The number of quaternary nitrogens is 1. The molecule has 1 aliphatic heterocycles. The van der Waals surface area contributed by atoms with Crippen LogP contribution in [0.5, 0.6) is 0 Å². The lowest BCUT2D eigenvalue weighted by Crippen LogP contribution is -2.98. The fourth-order valence-electron chi connectivity index (χ4n) is 2.70. The maximum atomic E-state index is 12.7. The Hall–Kier alpha value is -1.47. The van der Waals surface area contributed by atoms with E-state index in [4.69, 9.17) is 0 Å². The van der Waals surface area contributed by atoms with Crippen molar-refractivity contribution in [2.45, 2.75) is 19.0 Å². The Morgan fingerprint density at radius 2 is 1.90 bits per heavy atom. The molecule has 0 spiro atoms. The van der Waals surface area contributed by atoms with Crippen molar-refractivity contribution in [1.82, 2.24) is 0 Å². The summed E-state index contributed by atoms with van der Waals surface area (Å²) in [5, 5.41) is 14.5. The molecule has 0 aliphatic carbocycles. The highest BCUT2D eigenvalue weighted by Gasteiger charge is 2.41. The Balaban J connectivity index is 2.12. The van der Waals surface area contributed by atoms with Crippen molar-refractivity contribution < 1.29 is 18.2 Å². The third-order valence-electron chi connectivity index (χ3n) is 3.97. The molecule has 1 aliphatic rings. The van der Waals surface area contributed by atoms with Gasteiger partial charge in [-0.15, -0.1) is 0 Å². The van der Waals surface area contributed by atoms with Crippen molar-refractivity contribution in [3.63, 3.8) is 0 Å². The molecule has 4 nitrogen and oxygen atoms in total. The zero-order valence-corrected chi connectivity index (χ0v) is 12.1. The number of halogens is 3. The van der Waals surface area contributed by atoms with Crippen LogP contribution in [0, 0.1) is 11.1 Å². The third-order valence-corrected chi connectivity index (χ3v) is 3.97. The Kier molecular flexibility index (Phi) is 4.63. The molecule has 1 saturated heterocycles. The van der Waals surface area contributed by atoms with Gasteiger partial charge in [-0.25, -0.2) is 0 Å². The van der Waals surface area contributed by atoms with Crippen molar-refractivity contribution in [1.29, 1.82) is 0 Å². The zero-order chi connectivity index (χ0) is 15.6. The summed E-state index contributed by atoms with van der Waals surface area (Å²) < 4.78 is 38.0. The van der Waals surface area contributed by atoms with Crippen LogP contribution in [-0.4, -0.2) is 33.4 Å². The monoisotopic (exact) mass is 303 g/mol. The number of hydrogen-bond donors (Lipinski definition) is 2. The number of nitrogens with one attached hydrogen (secondary N) is 2. The number of hydrogen-bond acceptors (Lipinski definition) is 3. The molecule has 0 aromatic heterocycles. The molecule has 118 valence electrons. The van der Waals surface area contributed by atoms with Crippen molar-refractivity contribution in [2.24, 2.45) is 5.92 Å². The summed E-state index contributed by atoms with van der Waals surface area (Å²) in [6, 6.07) is 5.39. The minimum absolute atomic E-state index is 0.0635. The first-order chi connectivity index (χ1) is 9.82. The summed E-state index contributed by atoms with van der Waals surface area (Å²) in [6.45, 7) is 0.723. The molecule has 0 bridgehead atoms. The number of alkyl halides is 3. The lowest BCUT2D eigenvalue weighted by Gasteiger charge is -2.35. The lowest BCUT2D eigenvalue weighted by atomic mass is 9.96. The van der Waals surface area contributed by atoms with Crippen LogP contribution in [-0.2, 0) is 0 Å². The molecule has 2 rings (SSSR count).